The molecule has 1 saturated carbocycles. The molecule has 0 unspecified atom stereocenters. The van der Waals surface area contributed by atoms with Gasteiger partial charge in [-0.1, -0.05) is 19.8 Å². The van der Waals surface area contributed by atoms with Gasteiger partial charge in [-0.25, -0.2) is 0 Å². The van der Waals surface area contributed by atoms with E-state index in [0.717, 1.165) is 18.5 Å². The van der Waals surface area contributed by atoms with E-state index in [-0.39, 0.29) is 0 Å². The van der Waals surface area contributed by atoms with Gasteiger partial charge >= 0.3 is 0 Å². The molecule has 1 heterocycles. The molecular weight excluding hydrogens is 246 g/mol. The molecule has 2 aliphatic rings. The lowest BCUT2D eigenvalue weighted by molar-refractivity contribution is 0.00922. The van der Waals surface area contributed by atoms with Crippen LogP contribution in [-0.2, 0) is 0 Å². The zero-order valence-corrected chi connectivity index (χ0v) is 13.9. The van der Waals surface area contributed by atoms with Crippen LogP contribution < -0.4 is 5.73 Å². The Morgan fingerprint density at radius 1 is 1.10 bits per heavy atom. The van der Waals surface area contributed by atoms with Crippen molar-refractivity contribution in [3.63, 3.8) is 0 Å². The first-order valence-electron chi connectivity index (χ1n) is 8.73. The van der Waals surface area contributed by atoms with Crippen molar-refractivity contribution in [2.45, 2.75) is 69.9 Å². The molecule has 1 saturated heterocycles. The van der Waals surface area contributed by atoms with Gasteiger partial charge in [-0.3, -0.25) is 4.90 Å². The smallest absolute Gasteiger partial charge is 0.0331 e. The molecule has 3 nitrogen and oxygen atoms in total. The highest BCUT2D eigenvalue weighted by Gasteiger charge is 2.40. The first kappa shape index (κ1) is 16.3. The SMILES string of the molecule is CCCC1CCC(CN)(N2CCC(N(C)C)CC2)CC1. The molecule has 0 aromatic carbocycles. The second-order valence-corrected chi connectivity index (χ2v) is 7.34. The Hall–Kier alpha value is -0.120. The minimum absolute atomic E-state index is 0.335. The van der Waals surface area contributed by atoms with Crippen molar-refractivity contribution in [2.24, 2.45) is 11.7 Å². The summed E-state index contributed by atoms with van der Waals surface area (Å²) in [7, 11) is 4.43. The maximum atomic E-state index is 6.23. The van der Waals surface area contributed by atoms with E-state index in [4.69, 9.17) is 5.73 Å². The fourth-order valence-corrected chi connectivity index (χ4v) is 4.42. The molecule has 20 heavy (non-hydrogen) atoms. The highest BCUT2D eigenvalue weighted by molar-refractivity contribution is 4.97. The first-order chi connectivity index (χ1) is 9.61. The van der Waals surface area contributed by atoms with Crippen LogP contribution in [0, 0.1) is 5.92 Å². The van der Waals surface area contributed by atoms with Gasteiger partial charge in [0.25, 0.3) is 0 Å². The van der Waals surface area contributed by atoms with Crippen LogP contribution in [0.15, 0.2) is 0 Å². The monoisotopic (exact) mass is 281 g/mol. The third kappa shape index (κ3) is 3.55. The van der Waals surface area contributed by atoms with Gasteiger partial charge in [-0.05, 0) is 58.5 Å². The van der Waals surface area contributed by atoms with Crippen LogP contribution in [0.25, 0.3) is 0 Å². The Balaban J connectivity index is 1.89. The summed E-state index contributed by atoms with van der Waals surface area (Å²) in [5.74, 6) is 0.971. The topological polar surface area (TPSA) is 32.5 Å². The standard InChI is InChI=1S/C17H35N3/c1-4-5-15-6-10-17(14-18,11-7-15)20-12-8-16(9-13-20)19(2)3/h15-16H,4-14,18H2,1-3H3. The summed E-state index contributed by atoms with van der Waals surface area (Å²) < 4.78 is 0. The van der Waals surface area contributed by atoms with Crippen LogP contribution >= 0.6 is 0 Å². The second kappa shape index (κ2) is 7.24. The quantitative estimate of drug-likeness (QED) is 0.841. The lowest BCUT2D eigenvalue weighted by atomic mass is 9.73. The predicted molar refractivity (Wildman–Crippen MR) is 86.9 cm³/mol. The third-order valence-electron chi connectivity index (χ3n) is 5.98. The maximum absolute atomic E-state index is 6.23. The Morgan fingerprint density at radius 2 is 1.70 bits per heavy atom. The Morgan fingerprint density at radius 3 is 2.15 bits per heavy atom. The summed E-state index contributed by atoms with van der Waals surface area (Å²) in [5.41, 5.74) is 6.57. The molecule has 0 spiro atoms. The molecule has 2 N–H and O–H groups in total. The molecule has 0 atom stereocenters. The number of hydrogen-bond acceptors (Lipinski definition) is 3. The summed E-state index contributed by atoms with van der Waals surface area (Å²) >= 11 is 0. The summed E-state index contributed by atoms with van der Waals surface area (Å²) in [5, 5.41) is 0. The van der Waals surface area contributed by atoms with Gasteiger partial charge < -0.3 is 10.6 Å². The van der Waals surface area contributed by atoms with E-state index in [0.29, 0.717) is 5.54 Å². The fourth-order valence-electron chi connectivity index (χ4n) is 4.42. The summed E-state index contributed by atoms with van der Waals surface area (Å²) in [6.45, 7) is 5.67. The first-order valence-corrected chi connectivity index (χ1v) is 8.73. The van der Waals surface area contributed by atoms with Crippen molar-refractivity contribution in [3.05, 3.63) is 0 Å². The van der Waals surface area contributed by atoms with Crippen molar-refractivity contribution in [3.8, 4) is 0 Å². The summed E-state index contributed by atoms with van der Waals surface area (Å²) in [6, 6.07) is 0.775. The Labute approximate surface area is 125 Å². The third-order valence-corrected chi connectivity index (χ3v) is 5.98. The molecule has 2 rings (SSSR count). The van der Waals surface area contributed by atoms with Crippen LogP contribution in [0.1, 0.15) is 58.3 Å². The van der Waals surface area contributed by atoms with Crippen molar-refractivity contribution in [2.75, 3.05) is 33.7 Å². The number of nitrogens with two attached hydrogens (primary N) is 1. The number of hydrogen-bond donors (Lipinski definition) is 1. The lowest BCUT2D eigenvalue weighted by Crippen LogP contribution is -2.59. The molecule has 1 aliphatic carbocycles. The predicted octanol–water partition coefficient (Wildman–Crippen LogP) is 2.70. The van der Waals surface area contributed by atoms with Crippen molar-refractivity contribution in [1.29, 1.82) is 0 Å². The van der Waals surface area contributed by atoms with Gasteiger partial charge in [-0.2, -0.15) is 0 Å². The Bertz CT molecular complexity index is 274. The van der Waals surface area contributed by atoms with E-state index in [1.807, 2.05) is 0 Å². The van der Waals surface area contributed by atoms with Crippen molar-refractivity contribution >= 4 is 0 Å². The molecule has 0 aromatic heterocycles. The molecule has 1 aliphatic heterocycles. The highest BCUT2D eigenvalue weighted by Crippen LogP contribution is 2.39. The van der Waals surface area contributed by atoms with E-state index in [1.54, 1.807) is 0 Å². The molecule has 0 bridgehead atoms. The molecule has 0 amide bonds. The number of piperidine rings is 1. The van der Waals surface area contributed by atoms with Crippen molar-refractivity contribution in [1.82, 2.24) is 9.80 Å². The number of rotatable bonds is 5. The fraction of sp³-hybridized carbons (Fsp3) is 1.00. The van der Waals surface area contributed by atoms with Gasteiger partial charge in [0.05, 0.1) is 0 Å². The minimum Gasteiger partial charge on any atom is -0.329 e. The second-order valence-electron chi connectivity index (χ2n) is 7.34. The molecule has 0 aromatic rings. The highest BCUT2D eigenvalue weighted by atomic mass is 15.2. The average Bonchev–Trinajstić information content (AvgIpc) is 2.49. The molecular formula is C17H35N3. The molecule has 2 fully saturated rings. The average molecular weight is 281 g/mol. The van der Waals surface area contributed by atoms with E-state index in [9.17, 15) is 0 Å². The van der Waals surface area contributed by atoms with Crippen LogP contribution in [0.5, 0.6) is 0 Å². The maximum Gasteiger partial charge on any atom is 0.0331 e. The van der Waals surface area contributed by atoms with E-state index in [1.165, 1.54) is 64.5 Å². The van der Waals surface area contributed by atoms with Crippen molar-refractivity contribution < 1.29 is 0 Å². The molecule has 3 heteroatoms. The summed E-state index contributed by atoms with van der Waals surface area (Å²) in [6.07, 6.45) is 10.9. The van der Waals surface area contributed by atoms with Gasteiger partial charge in [0.2, 0.25) is 0 Å². The van der Waals surface area contributed by atoms with Gasteiger partial charge in [0, 0.05) is 31.2 Å². The largest absolute Gasteiger partial charge is 0.329 e. The summed E-state index contributed by atoms with van der Waals surface area (Å²) in [4.78, 5) is 5.14. The van der Waals surface area contributed by atoms with E-state index >= 15 is 0 Å². The Kier molecular flexibility index (Phi) is 5.88. The number of nitrogens with zero attached hydrogens (tertiary/aromatic N) is 2. The zero-order valence-electron chi connectivity index (χ0n) is 13.9. The van der Waals surface area contributed by atoms with Crippen LogP contribution in [0.4, 0.5) is 0 Å². The zero-order chi connectivity index (χ0) is 14.6. The van der Waals surface area contributed by atoms with Crippen LogP contribution in [-0.4, -0.2) is 55.1 Å². The van der Waals surface area contributed by atoms with E-state index < -0.39 is 0 Å². The van der Waals surface area contributed by atoms with Gasteiger partial charge in [0.1, 0.15) is 0 Å². The minimum atomic E-state index is 0.335. The lowest BCUT2D eigenvalue weighted by Gasteiger charge is -2.50. The van der Waals surface area contributed by atoms with Crippen LogP contribution in [0.3, 0.4) is 0 Å². The molecule has 118 valence electrons. The van der Waals surface area contributed by atoms with Gasteiger partial charge in [-0.15, -0.1) is 0 Å². The van der Waals surface area contributed by atoms with E-state index in [2.05, 4.69) is 30.8 Å². The van der Waals surface area contributed by atoms with Gasteiger partial charge in [0.15, 0.2) is 0 Å². The molecule has 0 radical (unpaired) electrons. The number of likely N-dealkylation sites (tertiary alicyclic amines) is 1. The van der Waals surface area contributed by atoms with Crippen LogP contribution in [0.2, 0.25) is 0 Å². The normalized spacial score (nSPS) is 33.8.